The second-order valence-electron chi connectivity index (χ2n) is 4.10. The van der Waals surface area contributed by atoms with Crippen molar-refractivity contribution in [3.8, 4) is 0 Å². The molecule has 0 unspecified atom stereocenters. The van der Waals surface area contributed by atoms with Crippen LogP contribution in [0, 0.1) is 0 Å². The predicted octanol–water partition coefficient (Wildman–Crippen LogP) is 1.66. The molecule has 0 fully saturated rings. The highest BCUT2D eigenvalue weighted by Crippen LogP contribution is 2.26. The SMILES string of the molecule is CCOC(=O)C1=N[C@@H](C)C(CCC(=O)OC)=C1C. The molecule has 0 aliphatic carbocycles. The zero-order valence-electron chi connectivity index (χ0n) is 11.3. The van der Waals surface area contributed by atoms with Gasteiger partial charge in [0.2, 0.25) is 0 Å². The van der Waals surface area contributed by atoms with Gasteiger partial charge in [-0.15, -0.1) is 0 Å². The Bertz CT molecular complexity index is 409. The van der Waals surface area contributed by atoms with Crippen LogP contribution in [0.2, 0.25) is 0 Å². The fraction of sp³-hybridized carbons (Fsp3) is 0.615. The Labute approximate surface area is 107 Å². The van der Waals surface area contributed by atoms with Gasteiger partial charge in [-0.1, -0.05) is 0 Å². The molecule has 0 aromatic heterocycles. The van der Waals surface area contributed by atoms with Gasteiger partial charge in [-0.25, -0.2) is 4.79 Å². The van der Waals surface area contributed by atoms with Crippen molar-refractivity contribution in [1.29, 1.82) is 0 Å². The van der Waals surface area contributed by atoms with E-state index in [0.717, 1.165) is 11.1 Å². The lowest BCUT2D eigenvalue weighted by molar-refractivity contribution is -0.140. The first kappa shape index (κ1) is 14.4. The fourth-order valence-electron chi connectivity index (χ4n) is 1.97. The lowest BCUT2D eigenvalue weighted by Gasteiger charge is -2.07. The first-order chi connectivity index (χ1) is 8.51. The molecule has 100 valence electrons. The van der Waals surface area contributed by atoms with Gasteiger partial charge < -0.3 is 9.47 Å². The van der Waals surface area contributed by atoms with Gasteiger partial charge in [0.15, 0.2) is 0 Å². The van der Waals surface area contributed by atoms with E-state index in [2.05, 4.69) is 9.73 Å². The Kier molecular flexibility index (Phi) is 5.07. The highest BCUT2D eigenvalue weighted by molar-refractivity contribution is 6.44. The first-order valence-electron chi connectivity index (χ1n) is 6.03. The molecule has 0 saturated heterocycles. The zero-order chi connectivity index (χ0) is 13.7. The molecule has 1 heterocycles. The molecule has 0 N–H and O–H groups in total. The van der Waals surface area contributed by atoms with Crippen LogP contribution in [0.15, 0.2) is 16.1 Å². The van der Waals surface area contributed by atoms with Gasteiger partial charge in [-0.05, 0) is 38.3 Å². The summed E-state index contributed by atoms with van der Waals surface area (Å²) in [6.07, 6.45) is 0.866. The van der Waals surface area contributed by atoms with Crippen LogP contribution in [0.1, 0.15) is 33.6 Å². The maximum atomic E-state index is 11.7. The minimum atomic E-state index is -0.394. The maximum Gasteiger partial charge on any atom is 0.356 e. The number of carbonyl (C=O) groups excluding carboxylic acids is 2. The van der Waals surface area contributed by atoms with E-state index >= 15 is 0 Å². The van der Waals surface area contributed by atoms with Crippen LogP contribution in [-0.2, 0) is 19.1 Å². The standard InChI is InChI=1S/C13H19NO4/c1-5-18-13(16)12-8(2)10(9(3)14-12)6-7-11(15)17-4/h9H,5-7H2,1-4H3/t9-/m0/s1. The van der Waals surface area contributed by atoms with Crippen molar-refractivity contribution in [2.75, 3.05) is 13.7 Å². The summed E-state index contributed by atoms with van der Waals surface area (Å²) in [5, 5.41) is 0. The topological polar surface area (TPSA) is 65.0 Å². The molecule has 1 rings (SSSR count). The van der Waals surface area contributed by atoms with Crippen molar-refractivity contribution < 1.29 is 19.1 Å². The summed E-state index contributed by atoms with van der Waals surface area (Å²) in [5.41, 5.74) is 2.21. The smallest absolute Gasteiger partial charge is 0.356 e. The van der Waals surface area contributed by atoms with Crippen LogP contribution in [0.5, 0.6) is 0 Å². The molecule has 0 spiro atoms. The van der Waals surface area contributed by atoms with Crippen LogP contribution >= 0.6 is 0 Å². The van der Waals surface area contributed by atoms with Crippen molar-refractivity contribution >= 4 is 17.7 Å². The minimum absolute atomic E-state index is 0.0749. The predicted molar refractivity (Wildman–Crippen MR) is 67.5 cm³/mol. The van der Waals surface area contributed by atoms with Crippen molar-refractivity contribution in [2.45, 2.75) is 39.7 Å². The van der Waals surface area contributed by atoms with Gasteiger partial charge in [0, 0.05) is 6.42 Å². The molecular formula is C13H19NO4. The molecule has 0 radical (unpaired) electrons. The Morgan fingerprint density at radius 2 is 2.06 bits per heavy atom. The number of aliphatic imine (C=N–C) groups is 1. The lowest BCUT2D eigenvalue weighted by Crippen LogP contribution is -2.17. The summed E-state index contributed by atoms with van der Waals surface area (Å²) in [7, 11) is 1.36. The summed E-state index contributed by atoms with van der Waals surface area (Å²) in [4.78, 5) is 27.1. The van der Waals surface area contributed by atoms with E-state index in [1.165, 1.54) is 7.11 Å². The number of hydrogen-bond donors (Lipinski definition) is 0. The van der Waals surface area contributed by atoms with Crippen molar-refractivity contribution in [1.82, 2.24) is 0 Å². The van der Waals surface area contributed by atoms with Gasteiger partial charge in [0.25, 0.3) is 0 Å². The fourth-order valence-corrected chi connectivity index (χ4v) is 1.97. The zero-order valence-corrected chi connectivity index (χ0v) is 11.3. The normalized spacial score (nSPS) is 18.7. The second-order valence-corrected chi connectivity index (χ2v) is 4.10. The highest BCUT2D eigenvalue weighted by atomic mass is 16.5. The molecular weight excluding hydrogens is 234 g/mol. The molecule has 1 atom stereocenters. The molecule has 0 aromatic carbocycles. The number of rotatable bonds is 5. The summed E-state index contributed by atoms with van der Waals surface area (Å²) in [5.74, 6) is -0.651. The molecule has 1 aliphatic rings. The van der Waals surface area contributed by atoms with Gasteiger partial charge in [-0.3, -0.25) is 9.79 Å². The average molecular weight is 253 g/mol. The number of hydrogen-bond acceptors (Lipinski definition) is 5. The summed E-state index contributed by atoms with van der Waals surface area (Å²) < 4.78 is 9.55. The molecule has 18 heavy (non-hydrogen) atoms. The minimum Gasteiger partial charge on any atom is -0.469 e. The quantitative estimate of drug-likeness (QED) is 0.699. The Morgan fingerprint density at radius 1 is 1.39 bits per heavy atom. The number of methoxy groups -OCH3 is 1. The Hall–Kier alpha value is -1.65. The first-order valence-corrected chi connectivity index (χ1v) is 6.03. The highest BCUT2D eigenvalue weighted by Gasteiger charge is 2.27. The summed E-state index contributed by atoms with van der Waals surface area (Å²) in [6, 6.07) is -0.0749. The Balaban J connectivity index is 2.75. The summed E-state index contributed by atoms with van der Waals surface area (Å²) >= 11 is 0. The van der Waals surface area contributed by atoms with E-state index in [1.807, 2.05) is 13.8 Å². The molecule has 0 aromatic rings. The van der Waals surface area contributed by atoms with Crippen LogP contribution in [0.3, 0.4) is 0 Å². The molecule has 5 heteroatoms. The van der Waals surface area contributed by atoms with Crippen LogP contribution < -0.4 is 0 Å². The molecule has 5 nitrogen and oxygen atoms in total. The van der Waals surface area contributed by atoms with E-state index in [0.29, 0.717) is 25.2 Å². The largest absolute Gasteiger partial charge is 0.469 e. The molecule has 0 bridgehead atoms. The average Bonchev–Trinajstić information content (AvgIpc) is 2.62. The lowest BCUT2D eigenvalue weighted by atomic mass is 9.99. The number of carbonyl (C=O) groups is 2. The maximum absolute atomic E-state index is 11.7. The van der Waals surface area contributed by atoms with Crippen LogP contribution in [-0.4, -0.2) is 37.4 Å². The van der Waals surface area contributed by atoms with Gasteiger partial charge in [-0.2, -0.15) is 0 Å². The molecule has 1 aliphatic heterocycles. The Morgan fingerprint density at radius 3 is 2.61 bits per heavy atom. The second kappa shape index (κ2) is 6.33. The molecule has 0 saturated carbocycles. The van der Waals surface area contributed by atoms with Crippen molar-refractivity contribution in [3.63, 3.8) is 0 Å². The van der Waals surface area contributed by atoms with E-state index in [1.54, 1.807) is 6.92 Å². The van der Waals surface area contributed by atoms with E-state index in [9.17, 15) is 9.59 Å². The van der Waals surface area contributed by atoms with Crippen molar-refractivity contribution in [3.05, 3.63) is 11.1 Å². The third-order valence-corrected chi connectivity index (χ3v) is 2.96. The number of ether oxygens (including phenoxy) is 2. The van der Waals surface area contributed by atoms with E-state index in [4.69, 9.17) is 4.74 Å². The van der Waals surface area contributed by atoms with Gasteiger partial charge in [0.05, 0.1) is 19.8 Å². The van der Waals surface area contributed by atoms with Crippen LogP contribution in [0.4, 0.5) is 0 Å². The van der Waals surface area contributed by atoms with Crippen LogP contribution in [0.25, 0.3) is 0 Å². The third kappa shape index (κ3) is 3.18. The number of esters is 2. The van der Waals surface area contributed by atoms with Crippen molar-refractivity contribution in [2.24, 2.45) is 4.99 Å². The van der Waals surface area contributed by atoms with Gasteiger partial charge >= 0.3 is 11.9 Å². The summed E-state index contributed by atoms with van der Waals surface area (Å²) in [6.45, 7) is 5.83. The number of nitrogens with zero attached hydrogens (tertiary/aromatic N) is 1. The van der Waals surface area contributed by atoms with E-state index < -0.39 is 5.97 Å². The molecule has 0 amide bonds. The third-order valence-electron chi connectivity index (χ3n) is 2.96. The van der Waals surface area contributed by atoms with Gasteiger partial charge in [0.1, 0.15) is 5.71 Å². The van der Waals surface area contributed by atoms with E-state index in [-0.39, 0.29) is 12.0 Å². The monoisotopic (exact) mass is 253 g/mol.